The van der Waals surface area contributed by atoms with Gasteiger partial charge in [-0.15, -0.1) is 0 Å². The van der Waals surface area contributed by atoms with E-state index >= 15 is 0 Å². The average Bonchev–Trinajstić information content (AvgIpc) is 2.73. The summed E-state index contributed by atoms with van der Waals surface area (Å²) in [6.07, 6.45) is 0.525. The zero-order valence-corrected chi connectivity index (χ0v) is 18.5. The lowest BCUT2D eigenvalue weighted by Gasteiger charge is -2.20. The lowest BCUT2D eigenvalue weighted by molar-refractivity contribution is 0.198. The van der Waals surface area contributed by atoms with Gasteiger partial charge in [0.05, 0.1) is 11.4 Å². The summed E-state index contributed by atoms with van der Waals surface area (Å²) in [4.78, 5) is 4.43. The Bertz CT molecular complexity index is 964. The van der Waals surface area contributed by atoms with Gasteiger partial charge < -0.3 is 15.4 Å². The summed E-state index contributed by atoms with van der Waals surface area (Å²) in [5, 5.41) is 6.30. The fraction of sp³-hybridized carbons (Fsp3) is 0.381. The summed E-state index contributed by atoms with van der Waals surface area (Å²) in [7, 11) is 1.09. The van der Waals surface area contributed by atoms with E-state index < -0.39 is 10.0 Å². The Labute approximate surface area is 178 Å². The van der Waals surface area contributed by atoms with Crippen LogP contribution < -0.4 is 15.4 Å². The Balaban J connectivity index is 1.99. The molecule has 30 heavy (non-hydrogen) atoms. The zero-order chi connectivity index (χ0) is 22.1. The first kappa shape index (κ1) is 23.6. The molecule has 7 nitrogen and oxygen atoms in total. The van der Waals surface area contributed by atoms with Crippen LogP contribution in [0.3, 0.4) is 0 Å². The standard InChI is InChI=1S/C21H29FN4O3S/c1-5-18(29-19-11-8-10-17(22)13-19)15-25-21(23-2)24-14-16-9-6-7-12-20(16)30(27,28)26(3)4/h6-13,18H,5,14-15H2,1-4H3,(H2,23,24,25). The van der Waals surface area contributed by atoms with Gasteiger partial charge in [-0.05, 0) is 30.2 Å². The van der Waals surface area contributed by atoms with Crippen molar-refractivity contribution in [2.45, 2.75) is 30.9 Å². The van der Waals surface area contributed by atoms with Crippen LogP contribution in [0, 0.1) is 5.82 Å². The third-order valence-electron chi connectivity index (χ3n) is 4.45. The van der Waals surface area contributed by atoms with Gasteiger partial charge in [-0.25, -0.2) is 17.1 Å². The number of guanidine groups is 1. The number of nitrogens with one attached hydrogen (secondary N) is 2. The normalized spacial score (nSPS) is 13.2. The third-order valence-corrected chi connectivity index (χ3v) is 6.37. The predicted octanol–water partition coefficient (Wildman–Crippen LogP) is 2.60. The molecule has 0 spiro atoms. The second-order valence-electron chi connectivity index (χ2n) is 6.81. The summed E-state index contributed by atoms with van der Waals surface area (Å²) >= 11 is 0. The van der Waals surface area contributed by atoms with Crippen LogP contribution in [0.5, 0.6) is 5.75 Å². The molecule has 2 aromatic carbocycles. The molecule has 2 aromatic rings. The number of ether oxygens (including phenoxy) is 1. The molecule has 0 saturated carbocycles. The van der Waals surface area contributed by atoms with Crippen molar-refractivity contribution in [3.05, 3.63) is 59.9 Å². The number of hydrogen-bond donors (Lipinski definition) is 2. The molecule has 0 saturated heterocycles. The fourth-order valence-electron chi connectivity index (χ4n) is 2.71. The Morgan fingerprint density at radius 3 is 2.53 bits per heavy atom. The SMILES string of the molecule is CCC(CNC(=NC)NCc1ccccc1S(=O)(=O)N(C)C)Oc1cccc(F)c1. The van der Waals surface area contributed by atoms with Crippen LogP contribution >= 0.6 is 0 Å². The number of hydrogen-bond acceptors (Lipinski definition) is 4. The zero-order valence-electron chi connectivity index (χ0n) is 17.7. The quantitative estimate of drug-likeness (QED) is 0.466. The number of aliphatic imine (C=N–C) groups is 1. The van der Waals surface area contributed by atoms with Gasteiger partial charge in [0.2, 0.25) is 10.0 Å². The highest BCUT2D eigenvalue weighted by molar-refractivity contribution is 7.89. The highest BCUT2D eigenvalue weighted by Gasteiger charge is 2.20. The highest BCUT2D eigenvalue weighted by atomic mass is 32.2. The second-order valence-corrected chi connectivity index (χ2v) is 8.93. The molecule has 0 aliphatic heterocycles. The van der Waals surface area contributed by atoms with E-state index in [0.717, 1.165) is 0 Å². The van der Waals surface area contributed by atoms with Gasteiger partial charge in [-0.3, -0.25) is 4.99 Å². The molecule has 0 aliphatic rings. The van der Waals surface area contributed by atoms with Crippen molar-refractivity contribution in [3.63, 3.8) is 0 Å². The molecular formula is C21H29FN4O3S. The van der Waals surface area contributed by atoms with Crippen LogP contribution in [0.2, 0.25) is 0 Å². The molecule has 0 aliphatic carbocycles. The first-order chi connectivity index (χ1) is 14.3. The predicted molar refractivity (Wildman–Crippen MR) is 117 cm³/mol. The van der Waals surface area contributed by atoms with Gasteiger partial charge in [0.15, 0.2) is 5.96 Å². The van der Waals surface area contributed by atoms with Gasteiger partial charge in [0, 0.05) is 33.8 Å². The summed E-state index contributed by atoms with van der Waals surface area (Å²) in [5.74, 6) is 0.627. The molecule has 9 heteroatoms. The maximum absolute atomic E-state index is 13.3. The van der Waals surface area contributed by atoms with Crippen LogP contribution in [-0.2, 0) is 16.6 Å². The van der Waals surface area contributed by atoms with Gasteiger partial charge in [-0.1, -0.05) is 31.2 Å². The monoisotopic (exact) mass is 436 g/mol. The lowest BCUT2D eigenvalue weighted by Crippen LogP contribution is -2.42. The maximum atomic E-state index is 13.3. The van der Waals surface area contributed by atoms with Gasteiger partial charge >= 0.3 is 0 Å². The first-order valence-corrected chi connectivity index (χ1v) is 11.1. The Morgan fingerprint density at radius 2 is 1.90 bits per heavy atom. The van der Waals surface area contributed by atoms with Crippen LogP contribution in [-0.4, -0.2) is 52.5 Å². The van der Waals surface area contributed by atoms with Crippen molar-refractivity contribution < 1.29 is 17.5 Å². The average molecular weight is 437 g/mol. The van der Waals surface area contributed by atoms with E-state index in [9.17, 15) is 12.8 Å². The van der Waals surface area contributed by atoms with E-state index in [2.05, 4.69) is 15.6 Å². The molecule has 0 bridgehead atoms. The molecule has 0 amide bonds. The van der Waals surface area contributed by atoms with Crippen LogP contribution in [0.25, 0.3) is 0 Å². The van der Waals surface area contributed by atoms with E-state index in [-0.39, 0.29) is 23.4 Å². The summed E-state index contributed by atoms with van der Waals surface area (Å²) in [6, 6.07) is 12.9. The number of halogens is 1. The molecule has 0 aromatic heterocycles. The number of benzene rings is 2. The molecule has 0 radical (unpaired) electrons. The summed E-state index contributed by atoms with van der Waals surface area (Å²) < 4.78 is 45.4. The van der Waals surface area contributed by atoms with Crippen molar-refractivity contribution in [1.29, 1.82) is 0 Å². The van der Waals surface area contributed by atoms with Crippen LogP contribution in [0.1, 0.15) is 18.9 Å². The minimum atomic E-state index is -3.55. The lowest BCUT2D eigenvalue weighted by atomic mass is 10.2. The van der Waals surface area contributed by atoms with Crippen molar-refractivity contribution in [2.75, 3.05) is 27.7 Å². The molecule has 0 heterocycles. The Kier molecular flexibility index (Phi) is 8.61. The van der Waals surface area contributed by atoms with Crippen molar-refractivity contribution in [3.8, 4) is 5.75 Å². The van der Waals surface area contributed by atoms with E-state index in [0.29, 0.717) is 30.2 Å². The topological polar surface area (TPSA) is 83.0 Å². The van der Waals surface area contributed by atoms with Gasteiger partial charge in [0.25, 0.3) is 0 Å². The number of nitrogens with zero attached hydrogens (tertiary/aromatic N) is 2. The Hall–Kier alpha value is -2.65. The van der Waals surface area contributed by atoms with Gasteiger partial charge in [0.1, 0.15) is 17.7 Å². The van der Waals surface area contributed by atoms with Crippen LogP contribution in [0.15, 0.2) is 58.4 Å². The molecular weight excluding hydrogens is 407 g/mol. The maximum Gasteiger partial charge on any atom is 0.242 e. The number of rotatable bonds is 9. The highest BCUT2D eigenvalue weighted by Crippen LogP contribution is 2.18. The summed E-state index contributed by atoms with van der Waals surface area (Å²) in [6.45, 7) is 2.71. The van der Waals surface area contributed by atoms with Crippen molar-refractivity contribution >= 4 is 16.0 Å². The number of sulfonamides is 1. The second kappa shape index (κ2) is 10.9. The molecule has 0 fully saturated rings. The van der Waals surface area contributed by atoms with Crippen molar-refractivity contribution in [1.82, 2.24) is 14.9 Å². The smallest absolute Gasteiger partial charge is 0.242 e. The van der Waals surface area contributed by atoms with E-state index in [1.54, 1.807) is 43.4 Å². The molecule has 2 N–H and O–H groups in total. The minimum Gasteiger partial charge on any atom is -0.489 e. The van der Waals surface area contributed by atoms with E-state index in [1.807, 2.05) is 6.92 Å². The van der Waals surface area contributed by atoms with Gasteiger partial charge in [-0.2, -0.15) is 0 Å². The molecule has 164 valence electrons. The van der Waals surface area contributed by atoms with Crippen LogP contribution in [0.4, 0.5) is 4.39 Å². The molecule has 1 atom stereocenters. The molecule has 1 unspecified atom stereocenters. The summed E-state index contributed by atoms with van der Waals surface area (Å²) in [5.41, 5.74) is 0.636. The first-order valence-electron chi connectivity index (χ1n) is 9.65. The van der Waals surface area contributed by atoms with E-state index in [1.165, 1.54) is 30.5 Å². The minimum absolute atomic E-state index is 0.188. The largest absolute Gasteiger partial charge is 0.489 e. The molecule has 2 rings (SSSR count). The van der Waals surface area contributed by atoms with Crippen molar-refractivity contribution in [2.24, 2.45) is 4.99 Å². The third kappa shape index (κ3) is 6.43. The fourth-order valence-corrected chi connectivity index (χ4v) is 3.83. The van der Waals surface area contributed by atoms with E-state index in [4.69, 9.17) is 4.74 Å². The Morgan fingerprint density at radius 1 is 1.17 bits per heavy atom.